The van der Waals surface area contributed by atoms with Crippen molar-refractivity contribution in [2.75, 3.05) is 13.7 Å². The molecule has 3 unspecified atom stereocenters. The Morgan fingerprint density at radius 3 is 2.14 bits per heavy atom. The summed E-state index contributed by atoms with van der Waals surface area (Å²) in [6.45, 7) is 13.6. The Morgan fingerprint density at radius 1 is 1.02 bits per heavy atom. The van der Waals surface area contributed by atoms with E-state index in [-0.39, 0.29) is 41.4 Å². The van der Waals surface area contributed by atoms with Gasteiger partial charge in [-0.25, -0.2) is 9.59 Å². The molecule has 0 spiro atoms. The lowest BCUT2D eigenvalue weighted by Crippen LogP contribution is -2.59. The van der Waals surface area contributed by atoms with Gasteiger partial charge in [-0.2, -0.15) is 0 Å². The van der Waals surface area contributed by atoms with Crippen molar-refractivity contribution in [2.45, 2.75) is 91.5 Å². The molecule has 0 bridgehead atoms. The van der Waals surface area contributed by atoms with E-state index in [2.05, 4.69) is 29.2 Å². The molecule has 0 aromatic heterocycles. The molecule has 1 aliphatic heterocycles. The van der Waals surface area contributed by atoms with Gasteiger partial charge in [0.25, 0.3) is 5.78 Å². The minimum Gasteiger partial charge on any atom is -0.463 e. The Bertz CT molecular complexity index is 1230. The number of alkyl carbamates (subject to hydrolysis) is 1. The fourth-order valence-electron chi connectivity index (χ4n) is 6.84. The molecule has 1 aromatic rings. The highest BCUT2D eigenvalue weighted by molar-refractivity contribution is 6.36. The van der Waals surface area contributed by atoms with Crippen LogP contribution in [-0.4, -0.2) is 71.9 Å². The van der Waals surface area contributed by atoms with Gasteiger partial charge in [-0.05, 0) is 80.2 Å². The fourth-order valence-corrected chi connectivity index (χ4v) is 6.84. The Labute approximate surface area is 248 Å². The van der Waals surface area contributed by atoms with Crippen molar-refractivity contribution in [1.29, 1.82) is 0 Å². The van der Waals surface area contributed by atoms with Crippen molar-refractivity contribution in [3.8, 4) is 0 Å². The molecular formula is C32H45N3O7. The van der Waals surface area contributed by atoms with E-state index in [4.69, 9.17) is 4.74 Å². The number of piperidine rings is 1. The molecule has 2 aliphatic carbocycles. The second kappa shape index (κ2) is 11.7. The van der Waals surface area contributed by atoms with Crippen LogP contribution in [0.3, 0.4) is 0 Å². The predicted octanol–water partition coefficient (Wildman–Crippen LogP) is 3.05. The lowest BCUT2D eigenvalue weighted by Gasteiger charge is -2.35. The van der Waals surface area contributed by atoms with Crippen molar-refractivity contribution >= 4 is 29.7 Å². The van der Waals surface area contributed by atoms with Crippen LogP contribution in [0.25, 0.3) is 0 Å². The summed E-state index contributed by atoms with van der Waals surface area (Å²) in [5.74, 6) is -2.89. The number of esters is 1. The first-order valence-corrected chi connectivity index (χ1v) is 14.8. The Balaban J connectivity index is 1.61. The number of amides is 3. The highest BCUT2D eigenvalue weighted by Gasteiger charge is 2.69. The largest absolute Gasteiger partial charge is 0.463 e. The molecule has 3 amide bonds. The second-order valence-corrected chi connectivity index (χ2v) is 14.0. The Morgan fingerprint density at radius 2 is 1.62 bits per heavy atom. The highest BCUT2D eigenvalue weighted by Crippen LogP contribution is 2.65. The number of ether oxygens (including phenoxy) is 2. The van der Waals surface area contributed by atoms with Crippen molar-refractivity contribution < 1.29 is 33.4 Å². The number of ketones is 1. The molecule has 230 valence electrons. The summed E-state index contributed by atoms with van der Waals surface area (Å²) >= 11 is 0. The average molecular weight is 584 g/mol. The third-order valence-electron chi connectivity index (χ3n) is 8.98. The van der Waals surface area contributed by atoms with Gasteiger partial charge in [-0.1, -0.05) is 52.0 Å². The van der Waals surface area contributed by atoms with Crippen LogP contribution in [0.2, 0.25) is 0 Å². The molecule has 10 heteroatoms. The van der Waals surface area contributed by atoms with Crippen LogP contribution < -0.4 is 10.6 Å². The summed E-state index contributed by atoms with van der Waals surface area (Å²) in [6, 6.07) is 5.15. The Kier molecular flexibility index (Phi) is 8.77. The zero-order chi connectivity index (χ0) is 31.1. The van der Waals surface area contributed by atoms with Crippen LogP contribution in [0.1, 0.15) is 66.0 Å². The number of fused-ring (bicyclic) bond motifs is 2. The number of hydrogen-bond donors (Lipinski definition) is 2. The van der Waals surface area contributed by atoms with Crippen molar-refractivity contribution in [2.24, 2.45) is 29.1 Å². The van der Waals surface area contributed by atoms with Gasteiger partial charge in [0.15, 0.2) is 0 Å². The minimum atomic E-state index is -1.07. The quantitative estimate of drug-likeness (QED) is 0.338. The van der Waals surface area contributed by atoms with E-state index in [1.807, 2.05) is 38.1 Å². The summed E-state index contributed by atoms with van der Waals surface area (Å²) in [4.78, 5) is 67.7. The van der Waals surface area contributed by atoms with Gasteiger partial charge in [0, 0.05) is 6.54 Å². The third-order valence-corrected chi connectivity index (χ3v) is 8.98. The molecule has 1 saturated carbocycles. The highest BCUT2D eigenvalue weighted by atomic mass is 16.6. The van der Waals surface area contributed by atoms with E-state index in [1.165, 1.54) is 0 Å². The number of hydrogen-bond acceptors (Lipinski definition) is 7. The second-order valence-electron chi connectivity index (χ2n) is 14.0. The van der Waals surface area contributed by atoms with Crippen molar-refractivity contribution in [3.63, 3.8) is 0 Å². The lowest BCUT2D eigenvalue weighted by molar-refractivity contribution is -0.153. The summed E-state index contributed by atoms with van der Waals surface area (Å²) in [6.07, 6.45) is 0.773. The van der Waals surface area contributed by atoms with E-state index in [0.29, 0.717) is 19.4 Å². The molecule has 0 radical (unpaired) electrons. The SMILES string of the molecule is COC(=O)C(=O)C(CC(C)C)NC(=O)[C@@H]1C2C(CN1C(=O)[C@@H](NC(=O)OC(C)(C)C)C1Cc3ccccc3C1)C2(C)C. The first-order chi connectivity index (χ1) is 19.5. The van der Waals surface area contributed by atoms with Crippen LogP contribution in [0.5, 0.6) is 0 Å². The van der Waals surface area contributed by atoms with E-state index in [0.717, 1.165) is 18.2 Å². The summed E-state index contributed by atoms with van der Waals surface area (Å²) in [5.41, 5.74) is 1.33. The van der Waals surface area contributed by atoms with Gasteiger partial charge in [-0.3, -0.25) is 14.4 Å². The number of nitrogens with one attached hydrogen (secondary N) is 2. The minimum absolute atomic E-state index is 0.0155. The monoisotopic (exact) mass is 583 g/mol. The van der Waals surface area contributed by atoms with Crippen LogP contribution >= 0.6 is 0 Å². The topological polar surface area (TPSA) is 131 Å². The number of rotatable bonds is 9. The van der Waals surface area contributed by atoms with Crippen molar-refractivity contribution in [1.82, 2.24) is 15.5 Å². The lowest BCUT2D eigenvalue weighted by atomic mass is 9.93. The molecule has 5 atom stereocenters. The predicted molar refractivity (Wildman–Crippen MR) is 155 cm³/mol. The molecule has 4 rings (SSSR count). The van der Waals surface area contributed by atoms with E-state index < -0.39 is 47.5 Å². The van der Waals surface area contributed by atoms with Crippen LogP contribution in [0.4, 0.5) is 4.79 Å². The molecule has 1 saturated heterocycles. The smallest absolute Gasteiger partial charge is 0.408 e. The number of Topliss-reactive ketones (excluding diaryl/α,β-unsaturated/α-hetero) is 1. The summed E-state index contributed by atoms with van der Waals surface area (Å²) in [5, 5.41) is 5.63. The number of carbonyl (C=O) groups excluding carboxylic acids is 5. The number of carbonyl (C=O) groups is 5. The zero-order valence-corrected chi connectivity index (χ0v) is 26.0. The van der Waals surface area contributed by atoms with Gasteiger partial charge in [0.05, 0.1) is 13.2 Å². The van der Waals surface area contributed by atoms with Crippen LogP contribution in [-0.2, 0) is 41.5 Å². The molecule has 1 aromatic carbocycles. The molecule has 1 heterocycles. The van der Waals surface area contributed by atoms with Gasteiger partial charge in [0.1, 0.15) is 17.7 Å². The van der Waals surface area contributed by atoms with Crippen molar-refractivity contribution in [3.05, 3.63) is 35.4 Å². The number of likely N-dealkylation sites (tertiary alicyclic amines) is 1. The molecule has 2 N–H and O–H groups in total. The fraction of sp³-hybridized carbons (Fsp3) is 0.656. The normalized spacial score (nSPS) is 23.8. The summed E-state index contributed by atoms with van der Waals surface area (Å²) in [7, 11) is 1.13. The maximum atomic E-state index is 14.4. The molecule has 2 fully saturated rings. The van der Waals surface area contributed by atoms with Gasteiger partial charge >= 0.3 is 12.1 Å². The molecular weight excluding hydrogens is 538 g/mol. The van der Waals surface area contributed by atoms with E-state index in [1.54, 1.807) is 25.7 Å². The van der Waals surface area contributed by atoms with Gasteiger partial charge in [-0.15, -0.1) is 0 Å². The zero-order valence-electron chi connectivity index (χ0n) is 26.0. The standard InChI is InChI=1S/C32H45N3O7/c1-17(2)13-22(26(36)29(39)41-8)33-27(37)25-23-21(32(23,6)7)16-35(25)28(38)24(34-30(40)42-31(3,4)5)20-14-18-11-9-10-12-19(18)15-20/h9-12,17,20-25H,13-16H2,1-8H3,(H,33,37)(H,34,40)/t21?,22?,23?,24-,25-/m0/s1. The van der Waals surface area contributed by atoms with E-state index in [9.17, 15) is 24.0 Å². The van der Waals surface area contributed by atoms with E-state index >= 15 is 0 Å². The first-order valence-electron chi connectivity index (χ1n) is 14.8. The number of nitrogens with zero attached hydrogens (tertiary/aromatic N) is 1. The molecule has 3 aliphatic rings. The maximum absolute atomic E-state index is 14.4. The molecule has 42 heavy (non-hydrogen) atoms. The Hall–Kier alpha value is -3.43. The maximum Gasteiger partial charge on any atom is 0.408 e. The average Bonchev–Trinajstić information content (AvgIpc) is 3.27. The first kappa shape index (κ1) is 31.5. The summed E-state index contributed by atoms with van der Waals surface area (Å²) < 4.78 is 10.2. The van der Waals surface area contributed by atoms with Crippen LogP contribution in [0.15, 0.2) is 24.3 Å². The third kappa shape index (κ3) is 6.47. The van der Waals surface area contributed by atoms with Gasteiger partial charge in [0.2, 0.25) is 11.8 Å². The van der Waals surface area contributed by atoms with Crippen LogP contribution in [0, 0.1) is 29.1 Å². The number of benzene rings is 1. The van der Waals surface area contributed by atoms with Gasteiger partial charge < -0.3 is 25.0 Å². The number of methoxy groups -OCH3 is 1. The molecule has 10 nitrogen and oxygen atoms in total.